The van der Waals surface area contributed by atoms with Crippen molar-refractivity contribution in [2.45, 2.75) is 58.3 Å². The van der Waals surface area contributed by atoms with E-state index in [0.29, 0.717) is 35.0 Å². The first-order valence-corrected chi connectivity index (χ1v) is 13.0. The van der Waals surface area contributed by atoms with Crippen molar-refractivity contribution >= 4 is 11.9 Å². The Balaban J connectivity index is 1.39. The third-order valence-electron chi connectivity index (χ3n) is 5.93. The number of hydrogen-bond acceptors (Lipinski definition) is 6. The fraction of sp³-hybridized carbons (Fsp3) is 0.355. The summed E-state index contributed by atoms with van der Waals surface area (Å²) in [6.07, 6.45) is 10.0. The number of unbranched alkanes of at least 4 members (excludes halogenated alkanes) is 7. The zero-order chi connectivity index (χ0) is 26.3. The van der Waals surface area contributed by atoms with Crippen LogP contribution >= 0.6 is 0 Å². The van der Waals surface area contributed by atoms with Gasteiger partial charge in [-0.15, -0.1) is 0 Å². The van der Waals surface area contributed by atoms with Crippen molar-refractivity contribution in [3.63, 3.8) is 0 Å². The molecule has 0 atom stereocenters. The van der Waals surface area contributed by atoms with E-state index in [0.717, 1.165) is 12.2 Å². The van der Waals surface area contributed by atoms with Crippen molar-refractivity contribution in [3.05, 3.63) is 83.9 Å². The summed E-state index contributed by atoms with van der Waals surface area (Å²) in [5.41, 5.74) is 0.760. The molecule has 0 saturated heterocycles. The minimum absolute atomic E-state index is 0.334. The van der Waals surface area contributed by atoms with Gasteiger partial charge in [-0.05, 0) is 79.2 Å². The molecule has 3 rings (SSSR count). The first-order chi connectivity index (χ1) is 18.1. The summed E-state index contributed by atoms with van der Waals surface area (Å²) in [6, 6.07) is 19.9. The van der Waals surface area contributed by atoms with Crippen molar-refractivity contribution in [3.8, 4) is 23.0 Å². The van der Waals surface area contributed by atoms with Crippen molar-refractivity contribution in [2.75, 3.05) is 13.7 Å². The van der Waals surface area contributed by atoms with Gasteiger partial charge in [0.15, 0.2) is 0 Å². The molecule has 3 aromatic rings. The highest BCUT2D eigenvalue weighted by molar-refractivity contribution is 5.92. The van der Waals surface area contributed by atoms with Crippen LogP contribution in [0.1, 0.15) is 79.0 Å². The Labute approximate surface area is 219 Å². The van der Waals surface area contributed by atoms with Crippen LogP contribution < -0.4 is 18.9 Å². The molecule has 3 aromatic carbocycles. The van der Waals surface area contributed by atoms with E-state index in [4.69, 9.17) is 18.9 Å². The van der Waals surface area contributed by atoms with Gasteiger partial charge in [0, 0.05) is 0 Å². The minimum Gasteiger partial charge on any atom is -0.497 e. The fourth-order valence-electron chi connectivity index (χ4n) is 3.75. The predicted molar refractivity (Wildman–Crippen MR) is 144 cm³/mol. The topological polar surface area (TPSA) is 71.1 Å². The maximum absolute atomic E-state index is 12.5. The van der Waals surface area contributed by atoms with Gasteiger partial charge in [-0.2, -0.15) is 0 Å². The average molecular weight is 505 g/mol. The summed E-state index contributed by atoms with van der Waals surface area (Å²) in [4.78, 5) is 24.9. The molecule has 6 nitrogen and oxygen atoms in total. The maximum atomic E-state index is 12.5. The zero-order valence-corrected chi connectivity index (χ0v) is 21.7. The second kappa shape index (κ2) is 15.3. The molecular formula is C31H36O6. The lowest BCUT2D eigenvalue weighted by molar-refractivity contribution is 0.0730. The van der Waals surface area contributed by atoms with Gasteiger partial charge in [-0.25, -0.2) is 9.59 Å². The molecule has 0 bridgehead atoms. The summed E-state index contributed by atoms with van der Waals surface area (Å²) in [6.45, 7) is 2.91. The molecule has 0 amide bonds. The van der Waals surface area contributed by atoms with E-state index in [2.05, 4.69) is 6.92 Å². The molecule has 37 heavy (non-hydrogen) atoms. The average Bonchev–Trinajstić information content (AvgIpc) is 2.93. The highest BCUT2D eigenvalue weighted by atomic mass is 16.5. The van der Waals surface area contributed by atoms with E-state index in [1.54, 1.807) is 79.9 Å². The Kier molecular flexibility index (Phi) is 11.5. The number of benzene rings is 3. The van der Waals surface area contributed by atoms with Crippen LogP contribution in [0, 0.1) is 0 Å². The summed E-state index contributed by atoms with van der Waals surface area (Å²) in [5.74, 6) is 1.16. The fourth-order valence-corrected chi connectivity index (χ4v) is 3.75. The number of methoxy groups -OCH3 is 1. The summed E-state index contributed by atoms with van der Waals surface area (Å²) in [5, 5.41) is 0. The Hall–Kier alpha value is -3.80. The van der Waals surface area contributed by atoms with Crippen LogP contribution in [0.3, 0.4) is 0 Å². The van der Waals surface area contributed by atoms with Gasteiger partial charge in [-0.3, -0.25) is 0 Å². The third kappa shape index (κ3) is 9.64. The van der Waals surface area contributed by atoms with Gasteiger partial charge in [0.2, 0.25) is 0 Å². The predicted octanol–water partition coefficient (Wildman–Crippen LogP) is 7.65. The lowest BCUT2D eigenvalue weighted by Crippen LogP contribution is -2.10. The first-order valence-electron chi connectivity index (χ1n) is 13.0. The number of ether oxygens (including phenoxy) is 4. The van der Waals surface area contributed by atoms with Crippen molar-refractivity contribution in [1.29, 1.82) is 0 Å². The molecule has 0 radical (unpaired) electrons. The Morgan fingerprint density at radius 1 is 0.541 bits per heavy atom. The molecule has 0 heterocycles. The highest BCUT2D eigenvalue weighted by Gasteiger charge is 2.12. The number of carbonyl (C=O) groups is 2. The lowest BCUT2D eigenvalue weighted by Gasteiger charge is -2.08. The normalized spacial score (nSPS) is 10.5. The first kappa shape index (κ1) is 27.8. The Morgan fingerprint density at radius 2 is 0.946 bits per heavy atom. The standard InChI is InChI=1S/C31H36O6/c1-3-4-5-6-7-8-9-10-23-35-27-15-11-24(12-16-27)30(32)36-28-17-13-25(14-18-28)31(33)37-29-21-19-26(34-2)20-22-29/h11-22H,3-10,23H2,1-2H3. The van der Waals surface area contributed by atoms with Crippen LogP contribution in [0.5, 0.6) is 23.0 Å². The largest absolute Gasteiger partial charge is 0.497 e. The van der Waals surface area contributed by atoms with Crippen molar-refractivity contribution < 1.29 is 28.5 Å². The number of hydrogen-bond donors (Lipinski definition) is 0. The molecule has 6 heteroatoms. The molecule has 0 unspecified atom stereocenters. The number of carbonyl (C=O) groups excluding carboxylic acids is 2. The van der Waals surface area contributed by atoms with E-state index < -0.39 is 11.9 Å². The van der Waals surface area contributed by atoms with Gasteiger partial charge in [0.1, 0.15) is 23.0 Å². The van der Waals surface area contributed by atoms with E-state index in [1.807, 2.05) is 0 Å². The Morgan fingerprint density at radius 3 is 1.43 bits per heavy atom. The van der Waals surface area contributed by atoms with Crippen LogP contribution in [0.4, 0.5) is 0 Å². The van der Waals surface area contributed by atoms with Gasteiger partial charge in [-0.1, -0.05) is 51.9 Å². The van der Waals surface area contributed by atoms with Crippen LogP contribution in [0.25, 0.3) is 0 Å². The molecule has 0 saturated carbocycles. The van der Waals surface area contributed by atoms with E-state index in [9.17, 15) is 9.59 Å². The molecule has 0 aliphatic carbocycles. The number of rotatable bonds is 15. The number of esters is 2. The quantitative estimate of drug-likeness (QED) is 0.120. The molecule has 0 aliphatic rings. The molecule has 0 aromatic heterocycles. The maximum Gasteiger partial charge on any atom is 0.343 e. The lowest BCUT2D eigenvalue weighted by atomic mass is 10.1. The summed E-state index contributed by atoms with van der Waals surface area (Å²) < 4.78 is 21.7. The molecule has 196 valence electrons. The summed E-state index contributed by atoms with van der Waals surface area (Å²) in [7, 11) is 1.57. The van der Waals surface area contributed by atoms with Gasteiger partial charge < -0.3 is 18.9 Å². The van der Waals surface area contributed by atoms with E-state index in [-0.39, 0.29) is 0 Å². The van der Waals surface area contributed by atoms with Crippen LogP contribution in [-0.2, 0) is 0 Å². The van der Waals surface area contributed by atoms with E-state index >= 15 is 0 Å². The van der Waals surface area contributed by atoms with Crippen LogP contribution in [0.15, 0.2) is 72.8 Å². The monoisotopic (exact) mass is 504 g/mol. The third-order valence-corrected chi connectivity index (χ3v) is 5.93. The highest BCUT2D eigenvalue weighted by Crippen LogP contribution is 2.20. The van der Waals surface area contributed by atoms with Crippen LogP contribution in [0.2, 0.25) is 0 Å². The van der Waals surface area contributed by atoms with Gasteiger partial charge >= 0.3 is 11.9 Å². The smallest absolute Gasteiger partial charge is 0.343 e. The molecule has 0 N–H and O–H groups in total. The van der Waals surface area contributed by atoms with Crippen molar-refractivity contribution in [1.82, 2.24) is 0 Å². The van der Waals surface area contributed by atoms with Crippen molar-refractivity contribution in [2.24, 2.45) is 0 Å². The second-order valence-electron chi connectivity index (χ2n) is 8.83. The summed E-state index contributed by atoms with van der Waals surface area (Å²) >= 11 is 0. The molecule has 0 spiro atoms. The second-order valence-corrected chi connectivity index (χ2v) is 8.83. The zero-order valence-electron chi connectivity index (χ0n) is 21.7. The Bertz CT molecular complexity index is 1090. The van der Waals surface area contributed by atoms with Gasteiger partial charge in [0.05, 0.1) is 24.8 Å². The minimum atomic E-state index is -0.509. The molecule has 0 aliphatic heterocycles. The van der Waals surface area contributed by atoms with E-state index in [1.165, 1.54) is 44.9 Å². The molecule has 0 fully saturated rings. The SMILES string of the molecule is CCCCCCCCCCOc1ccc(C(=O)Oc2ccc(C(=O)Oc3ccc(OC)cc3)cc2)cc1. The van der Waals surface area contributed by atoms with Gasteiger partial charge in [0.25, 0.3) is 0 Å². The molecular weight excluding hydrogens is 468 g/mol. The van der Waals surface area contributed by atoms with Crippen LogP contribution in [-0.4, -0.2) is 25.7 Å².